The fraction of sp³-hybridized carbons (Fsp3) is 0.412. The number of benzene rings is 2. The van der Waals surface area contributed by atoms with Gasteiger partial charge in [0, 0.05) is 75.8 Å². The van der Waals surface area contributed by atoms with E-state index in [0.717, 1.165) is 79.3 Å². The number of piperazine rings is 1. The van der Waals surface area contributed by atoms with Gasteiger partial charge in [-0.1, -0.05) is 30.3 Å². The first-order chi connectivity index (χ1) is 20.4. The van der Waals surface area contributed by atoms with Crippen molar-refractivity contribution in [2.24, 2.45) is 5.92 Å². The van der Waals surface area contributed by atoms with E-state index in [1.807, 2.05) is 0 Å². The first kappa shape index (κ1) is 28.9. The van der Waals surface area contributed by atoms with Gasteiger partial charge in [0.25, 0.3) is 0 Å². The second-order valence-corrected chi connectivity index (χ2v) is 13.0. The zero-order valence-electron chi connectivity index (χ0n) is 24.5. The minimum absolute atomic E-state index is 0.150. The van der Waals surface area contributed by atoms with Crippen LogP contribution in [0.1, 0.15) is 30.4 Å². The first-order valence-corrected chi connectivity index (χ1v) is 15.8. The Hall–Kier alpha value is -3.17. The molecule has 3 heterocycles. The lowest BCUT2D eigenvalue weighted by molar-refractivity contribution is -0.118. The molecule has 1 saturated heterocycles. The molecule has 0 unspecified atom stereocenters. The van der Waals surface area contributed by atoms with Crippen LogP contribution in [0.3, 0.4) is 0 Å². The standard InChI is InChI=1S/C34H39FN4O2S/c1-37-13-16-39(17-14-37)18-15-38(2)23-25-5-8-27(9-6-25)33-22-30-34(42-33)32(11-12-36-30)41-31-10-7-26(21-29(31)35)20-28(40)19-24-3-4-24/h5-12,21-22,24H,3-4,13-20,23H2,1-2H3. The van der Waals surface area contributed by atoms with Gasteiger partial charge >= 0.3 is 0 Å². The highest BCUT2D eigenvalue weighted by Gasteiger charge is 2.24. The molecule has 2 fully saturated rings. The maximum absolute atomic E-state index is 15.0. The Labute approximate surface area is 251 Å². The minimum atomic E-state index is -0.461. The molecule has 4 aromatic rings. The fourth-order valence-corrected chi connectivity index (χ4v) is 6.56. The maximum Gasteiger partial charge on any atom is 0.166 e. The number of Topliss-reactive ketones (excluding diaryl/α,β-unsaturated/α-hetero) is 1. The molecule has 1 aliphatic heterocycles. The summed E-state index contributed by atoms with van der Waals surface area (Å²) >= 11 is 1.60. The number of halogens is 1. The number of fused-ring (bicyclic) bond motifs is 1. The molecule has 0 spiro atoms. The predicted octanol–water partition coefficient (Wildman–Crippen LogP) is 6.49. The van der Waals surface area contributed by atoms with Gasteiger partial charge in [-0.15, -0.1) is 11.3 Å². The largest absolute Gasteiger partial charge is 0.453 e. The van der Waals surface area contributed by atoms with E-state index in [9.17, 15) is 9.18 Å². The second kappa shape index (κ2) is 13.0. The Morgan fingerprint density at radius 3 is 2.52 bits per heavy atom. The quantitative estimate of drug-likeness (QED) is 0.189. The van der Waals surface area contributed by atoms with Crippen LogP contribution in [0.4, 0.5) is 4.39 Å². The molecule has 0 bridgehead atoms. The maximum atomic E-state index is 15.0. The van der Waals surface area contributed by atoms with Gasteiger partial charge in [0.05, 0.1) is 10.2 Å². The molecule has 6 rings (SSSR count). The van der Waals surface area contributed by atoms with Crippen LogP contribution >= 0.6 is 11.3 Å². The monoisotopic (exact) mass is 586 g/mol. The van der Waals surface area contributed by atoms with Gasteiger partial charge in [0.15, 0.2) is 11.6 Å². The molecule has 8 heteroatoms. The van der Waals surface area contributed by atoms with Crippen molar-refractivity contribution in [3.8, 4) is 21.9 Å². The number of pyridine rings is 1. The molecule has 6 nitrogen and oxygen atoms in total. The second-order valence-electron chi connectivity index (χ2n) is 11.9. The van der Waals surface area contributed by atoms with Crippen LogP contribution in [0.2, 0.25) is 0 Å². The minimum Gasteiger partial charge on any atom is -0.453 e. The van der Waals surface area contributed by atoms with Gasteiger partial charge in [-0.05, 0) is 67.7 Å². The van der Waals surface area contributed by atoms with Crippen molar-refractivity contribution in [1.82, 2.24) is 19.7 Å². The smallest absolute Gasteiger partial charge is 0.166 e. The van der Waals surface area contributed by atoms with E-state index in [1.165, 1.54) is 11.6 Å². The highest BCUT2D eigenvalue weighted by Crippen LogP contribution is 2.40. The SMILES string of the molecule is CN1CCN(CCN(C)Cc2ccc(-c3cc4nccc(Oc5ccc(CC(=O)CC6CC6)cc5F)c4s3)cc2)CC1. The van der Waals surface area contributed by atoms with Crippen LogP contribution in [0, 0.1) is 11.7 Å². The van der Waals surface area contributed by atoms with Crippen molar-refractivity contribution < 1.29 is 13.9 Å². The Kier molecular flexibility index (Phi) is 8.95. The summed E-state index contributed by atoms with van der Waals surface area (Å²) in [5.74, 6) is 0.978. The Bertz CT molecular complexity index is 1530. The van der Waals surface area contributed by atoms with E-state index >= 15 is 0 Å². The van der Waals surface area contributed by atoms with Crippen molar-refractivity contribution in [2.75, 3.05) is 53.4 Å². The molecule has 2 aromatic carbocycles. The number of hydrogen-bond acceptors (Lipinski definition) is 7. The summed E-state index contributed by atoms with van der Waals surface area (Å²) in [5.41, 5.74) is 3.92. The Balaban J connectivity index is 1.08. The molecule has 1 saturated carbocycles. The molecule has 42 heavy (non-hydrogen) atoms. The van der Waals surface area contributed by atoms with Gasteiger partial charge in [-0.2, -0.15) is 0 Å². The number of ether oxygens (including phenoxy) is 1. The summed E-state index contributed by atoms with van der Waals surface area (Å²) in [6.45, 7) is 7.69. The number of likely N-dealkylation sites (N-methyl/N-ethyl adjacent to an activating group) is 2. The van der Waals surface area contributed by atoms with Crippen molar-refractivity contribution in [3.63, 3.8) is 0 Å². The molecule has 1 aliphatic carbocycles. The molecule has 220 valence electrons. The number of hydrogen-bond donors (Lipinski definition) is 0. The van der Waals surface area contributed by atoms with Gasteiger partial charge in [-0.25, -0.2) is 4.39 Å². The van der Waals surface area contributed by atoms with Crippen LogP contribution in [0.25, 0.3) is 20.7 Å². The lowest BCUT2D eigenvalue weighted by Gasteiger charge is -2.33. The van der Waals surface area contributed by atoms with E-state index in [-0.39, 0.29) is 18.0 Å². The van der Waals surface area contributed by atoms with Crippen molar-refractivity contribution in [3.05, 3.63) is 77.7 Å². The zero-order valence-corrected chi connectivity index (χ0v) is 25.3. The highest BCUT2D eigenvalue weighted by molar-refractivity contribution is 7.22. The van der Waals surface area contributed by atoms with Crippen LogP contribution in [0.15, 0.2) is 60.8 Å². The number of ketones is 1. The topological polar surface area (TPSA) is 48.9 Å². The molecule has 0 radical (unpaired) electrons. The average molecular weight is 587 g/mol. The molecular formula is C34H39FN4O2S. The van der Waals surface area contributed by atoms with Crippen LogP contribution in [-0.4, -0.2) is 78.8 Å². The molecule has 2 aliphatic rings. The van der Waals surface area contributed by atoms with E-state index in [4.69, 9.17) is 4.74 Å². The van der Waals surface area contributed by atoms with E-state index < -0.39 is 5.82 Å². The van der Waals surface area contributed by atoms with Crippen molar-refractivity contribution in [1.29, 1.82) is 0 Å². The third kappa shape index (κ3) is 7.42. The van der Waals surface area contributed by atoms with E-state index in [0.29, 0.717) is 23.7 Å². The Morgan fingerprint density at radius 2 is 1.79 bits per heavy atom. The van der Waals surface area contributed by atoms with Gasteiger partial charge in [0.1, 0.15) is 11.5 Å². The predicted molar refractivity (Wildman–Crippen MR) is 168 cm³/mol. The van der Waals surface area contributed by atoms with Crippen LogP contribution in [-0.2, 0) is 17.8 Å². The summed E-state index contributed by atoms with van der Waals surface area (Å²) in [7, 11) is 4.38. The van der Waals surface area contributed by atoms with Gasteiger partial charge < -0.3 is 14.5 Å². The zero-order chi connectivity index (χ0) is 29.1. The lowest BCUT2D eigenvalue weighted by atomic mass is 10.0. The summed E-state index contributed by atoms with van der Waals surface area (Å²) in [6.07, 6.45) is 4.84. The van der Waals surface area contributed by atoms with Crippen molar-refractivity contribution in [2.45, 2.75) is 32.2 Å². The van der Waals surface area contributed by atoms with E-state index in [2.05, 4.69) is 64.1 Å². The number of nitrogens with zero attached hydrogens (tertiary/aromatic N) is 4. The van der Waals surface area contributed by atoms with Crippen LogP contribution < -0.4 is 4.74 Å². The molecule has 0 amide bonds. The number of carbonyl (C=O) groups excluding carboxylic acids is 1. The normalized spacial score (nSPS) is 16.4. The number of thiophene rings is 1. The van der Waals surface area contributed by atoms with Crippen molar-refractivity contribution >= 4 is 27.3 Å². The molecule has 2 aromatic heterocycles. The van der Waals surface area contributed by atoms with Gasteiger partial charge in [0.2, 0.25) is 0 Å². The summed E-state index contributed by atoms with van der Waals surface area (Å²) in [6, 6.07) is 17.4. The lowest BCUT2D eigenvalue weighted by Crippen LogP contribution is -2.46. The number of aromatic nitrogens is 1. The fourth-order valence-electron chi connectivity index (χ4n) is 5.49. The Morgan fingerprint density at radius 1 is 1.02 bits per heavy atom. The number of rotatable bonds is 12. The number of carbonyl (C=O) groups is 1. The third-order valence-corrected chi connectivity index (χ3v) is 9.48. The van der Waals surface area contributed by atoms with Crippen LogP contribution in [0.5, 0.6) is 11.5 Å². The highest BCUT2D eigenvalue weighted by atomic mass is 32.1. The summed E-state index contributed by atoms with van der Waals surface area (Å²) in [4.78, 5) is 25.2. The molecular weight excluding hydrogens is 547 g/mol. The third-order valence-electron chi connectivity index (χ3n) is 8.29. The molecule has 0 N–H and O–H groups in total. The summed E-state index contributed by atoms with van der Waals surface area (Å²) < 4.78 is 21.9. The molecule has 0 atom stereocenters. The first-order valence-electron chi connectivity index (χ1n) is 14.9. The van der Waals surface area contributed by atoms with Gasteiger partial charge in [-0.3, -0.25) is 14.7 Å². The average Bonchev–Trinajstić information content (AvgIpc) is 3.68. The van der Waals surface area contributed by atoms with E-state index in [1.54, 1.807) is 35.7 Å². The summed E-state index contributed by atoms with van der Waals surface area (Å²) in [5, 5.41) is 0.